The van der Waals surface area contributed by atoms with E-state index < -0.39 is 0 Å². The summed E-state index contributed by atoms with van der Waals surface area (Å²) < 4.78 is 0. The summed E-state index contributed by atoms with van der Waals surface area (Å²) in [6, 6.07) is 10.0. The van der Waals surface area contributed by atoms with Gasteiger partial charge in [0, 0.05) is 11.4 Å². The van der Waals surface area contributed by atoms with Crippen LogP contribution in [0.3, 0.4) is 0 Å². The van der Waals surface area contributed by atoms with Crippen LogP contribution in [0.1, 0.15) is 36.4 Å². The Morgan fingerprint density at radius 3 is 2.35 bits per heavy atom. The lowest BCUT2D eigenvalue weighted by atomic mass is 10.0. The summed E-state index contributed by atoms with van der Waals surface area (Å²) in [5.74, 6) is 0.483. The summed E-state index contributed by atoms with van der Waals surface area (Å²) in [7, 11) is 0. The van der Waals surface area contributed by atoms with E-state index in [1.807, 2.05) is 6.92 Å². The van der Waals surface area contributed by atoms with Gasteiger partial charge in [-0.3, -0.25) is 0 Å². The van der Waals surface area contributed by atoms with Crippen LogP contribution in [0.25, 0.3) is 0 Å². The van der Waals surface area contributed by atoms with E-state index in [4.69, 9.17) is 5.26 Å². The van der Waals surface area contributed by atoms with Gasteiger partial charge in [-0.1, -0.05) is 32.0 Å². The van der Waals surface area contributed by atoms with E-state index in [0.717, 1.165) is 24.2 Å². The lowest BCUT2D eigenvalue weighted by Gasteiger charge is -2.14. The van der Waals surface area contributed by atoms with Crippen molar-refractivity contribution in [3.8, 4) is 6.07 Å². The lowest BCUT2D eigenvalue weighted by molar-refractivity contribution is 1.05. The second-order valence-corrected chi connectivity index (χ2v) is 4.61. The molecule has 0 radical (unpaired) electrons. The molecule has 0 saturated heterocycles. The topological polar surface area (TPSA) is 61.6 Å². The zero-order valence-electron chi connectivity index (χ0n) is 12.1. The molecule has 0 aliphatic heterocycles. The fourth-order valence-corrected chi connectivity index (χ4v) is 2.20. The Hall–Kier alpha value is -2.41. The van der Waals surface area contributed by atoms with E-state index in [1.54, 1.807) is 6.07 Å². The van der Waals surface area contributed by atoms with Crippen LogP contribution in [0, 0.1) is 18.3 Å². The molecule has 20 heavy (non-hydrogen) atoms. The first kappa shape index (κ1) is 14.0. The van der Waals surface area contributed by atoms with Gasteiger partial charge in [-0.05, 0) is 37.0 Å². The SMILES string of the molecule is CCc1cccc(CC)c1Nc1nc(C)cc(C#N)n1. The highest BCUT2D eigenvalue weighted by molar-refractivity contribution is 5.63. The highest BCUT2D eigenvalue weighted by Crippen LogP contribution is 2.25. The number of benzene rings is 1. The van der Waals surface area contributed by atoms with Gasteiger partial charge in [-0.25, -0.2) is 9.97 Å². The number of anilines is 2. The van der Waals surface area contributed by atoms with Crippen LogP contribution < -0.4 is 5.32 Å². The fourth-order valence-electron chi connectivity index (χ4n) is 2.20. The predicted molar refractivity (Wildman–Crippen MR) is 80.0 cm³/mol. The van der Waals surface area contributed by atoms with E-state index in [0.29, 0.717) is 11.6 Å². The maximum Gasteiger partial charge on any atom is 0.228 e. The summed E-state index contributed by atoms with van der Waals surface area (Å²) in [5, 5.41) is 12.3. The average molecular weight is 266 g/mol. The first-order valence-electron chi connectivity index (χ1n) is 6.81. The normalized spacial score (nSPS) is 10.1. The molecule has 0 atom stereocenters. The molecular formula is C16H18N4. The number of rotatable bonds is 4. The van der Waals surface area contributed by atoms with Gasteiger partial charge < -0.3 is 5.32 Å². The van der Waals surface area contributed by atoms with E-state index in [1.165, 1.54) is 11.1 Å². The molecule has 0 bridgehead atoms. The molecule has 1 heterocycles. The van der Waals surface area contributed by atoms with Crippen LogP contribution in [-0.2, 0) is 12.8 Å². The second kappa shape index (κ2) is 6.16. The van der Waals surface area contributed by atoms with Gasteiger partial charge in [0.2, 0.25) is 5.95 Å². The number of nitrogens with one attached hydrogen (secondary N) is 1. The Kier molecular flexibility index (Phi) is 4.31. The number of aromatic nitrogens is 2. The smallest absolute Gasteiger partial charge is 0.228 e. The van der Waals surface area contributed by atoms with Crippen LogP contribution in [0.4, 0.5) is 11.6 Å². The van der Waals surface area contributed by atoms with Crippen LogP contribution in [0.5, 0.6) is 0 Å². The number of para-hydroxylation sites is 1. The number of aryl methyl sites for hydroxylation is 3. The Bertz CT molecular complexity index is 634. The Morgan fingerprint density at radius 2 is 1.80 bits per heavy atom. The Labute approximate surface area is 119 Å². The summed E-state index contributed by atoms with van der Waals surface area (Å²) in [6.07, 6.45) is 1.88. The van der Waals surface area contributed by atoms with Gasteiger partial charge >= 0.3 is 0 Å². The highest BCUT2D eigenvalue weighted by Gasteiger charge is 2.09. The van der Waals surface area contributed by atoms with Crippen molar-refractivity contribution >= 4 is 11.6 Å². The average Bonchev–Trinajstić information content (AvgIpc) is 2.46. The molecule has 0 aliphatic carbocycles. The van der Waals surface area contributed by atoms with Crippen LogP contribution >= 0.6 is 0 Å². The summed E-state index contributed by atoms with van der Waals surface area (Å²) in [4.78, 5) is 8.57. The second-order valence-electron chi connectivity index (χ2n) is 4.61. The van der Waals surface area contributed by atoms with E-state index in [-0.39, 0.29) is 0 Å². The minimum Gasteiger partial charge on any atom is -0.324 e. The van der Waals surface area contributed by atoms with Crippen molar-refractivity contribution in [2.24, 2.45) is 0 Å². The molecular weight excluding hydrogens is 248 g/mol. The number of hydrogen-bond acceptors (Lipinski definition) is 4. The van der Waals surface area contributed by atoms with Crippen LogP contribution in [0.15, 0.2) is 24.3 Å². The predicted octanol–water partition coefficient (Wildman–Crippen LogP) is 3.53. The zero-order chi connectivity index (χ0) is 14.5. The zero-order valence-corrected chi connectivity index (χ0v) is 12.1. The van der Waals surface area contributed by atoms with Gasteiger partial charge in [0.25, 0.3) is 0 Å². The number of hydrogen-bond donors (Lipinski definition) is 1. The summed E-state index contributed by atoms with van der Waals surface area (Å²) in [5.41, 5.74) is 4.69. The Morgan fingerprint density at radius 1 is 1.15 bits per heavy atom. The van der Waals surface area contributed by atoms with E-state index in [9.17, 15) is 0 Å². The molecule has 0 aliphatic rings. The van der Waals surface area contributed by atoms with Crippen molar-refractivity contribution in [1.29, 1.82) is 5.26 Å². The van der Waals surface area contributed by atoms with Crippen molar-refractivity contribution in [1.82, 2.24) is 9.97 Å². The molecule has 102 valence electrons. The molecule has 0 amide bonds. The molecule has 2 rings (SSSR count). The van der Waals surface area contributed by atoms with Gasteiger partial charge in [-0.2, -0.15) is 5.26 Å². The standard InChI is InChI=1S/C16H18N4/c1-4-12-7-6-8-13(5-2)15(12)20-16-18-11(3)9-14(10-17)19-16/h6-9H,4-5H2,1-3H3,(H,18,19,20). The van der Waals surface area contributed by atoms with Crippen molar-refractivity contribution in [2.75, 3.05) is 5.32 Å². The molecule has 0 unspecified atom stereocenters. The molecule has 4 nitrogen and oxygen atoms in total. The van der Waals surface area contributed by atoms with E-state index in [2.05, 4.69) is 53.4 Å². The maximum atomic E-state index is 8.99. The number of nitrogens with zero attached hydrogens (tertiary/aromatic N) is 3. The van der Waals surface area contributed by atoms with Crippen LogP contribution in [-0.4, -0.2) is 9.97 Å². The highest BCUT2D eigenvalue weighted by atomic mass is 15.1. The fraction of sp³-hybridized carbons (Fsp3) is 0.312. The van der Waals surface area contributed by atoms with Crippen molar-refractivity contribution < 1.29 is 0 Å². The van der Waals surface area contributed by atoms with E-state index >= 15 is 0 Å². The lowest BCUT2D eigenvalue weighted by Crippen LogP contribution is -2.05. The van der Waals surface area contributed by atoms with Crippen molar-refractivity contribution in [2.45, 2.75) is 33.6 Å². The summed E-state index contributed by atoms with van der Waals surface area (Å²) >= 11 is 0. The van der Waals surface area contributed by atoms with Gasteiger partial charge in [-0.15, -0.1) is 0 Å². The molecule has 0 fully saturated rings. The quantitative estimate of drug-likeness (QED) is 0.919. The monoisotopic (exact) mass is 266 g/mol. The summed E-state index contributed by atoms with van der Waals surface area (Å²) in [6.45, 7) is 6.11. The third kappa shape index (κ3) is 2.94. The Balaban J connectivity index is 2.44. The molecule has 1 N–H and O–H groups in total. The minimum atomic E-state index is 0.382. The van der Waals surface area contributed by atoms with Gasteiger partial charge in [0.05, 0.1) is 0 Å². The molecule has 1 aromatic heterocycles. The first-order chi connectivity index (χ1) is 9.67. The van der Waals surface area contributed by atoms with Crippen molar-refractivity contribution in [3.63, 3.8) is 0 Å². The van der Waals surface area contributed by atoms with Crippen molar-refractivity contribution in [3.05, 3.63) is 46.8 Å². The molecule has 4 heteroatoms. The van der Waals surface area contributed by atoms with Gasteiger partial charge in [0.1, 0.15) is 11.8 Å². The largest absolute Gasteiger partial charge is 0.324 e. The molecule has 2 aromatic rings. The first-order valence-corrected chi connectivity index (χ1v) is 6.81. The molecule has 0 spiro atoms. The molecule has 1 aromatic carbocycles. The third-order valence-corrected chi connectivity index (χ3v) is 3.20. The van der Waals surface area contributed by atoms with Gasteiger partial charge in [0.15, 0.2) is 0 Å². The third-order valence-electron chi connectivity index (χ3n) is 3.20. The van der Waals surface area contributed by atoms with Crippen LogP contribution in [0.2, 0.25) is 0 Å². The maximum absolute atomic E-state index is 8.99. The molecule has 0 saturated carbocycles. The minimum absolute atomic E-state index is 0.382. The number of nitriles is 1.